The number of aromatic nitrogens is 3. The number of aromatic amines is 1. The monoisotopic (exact) mass is 163 g/mol. The van der Waals surface area contributed by atoms with Crippen molar-refractivity contribution in [2.24, 2.45) is 0 Å². The van der Waals surface area contributed by atoms with Gasteiger partial charge in [0.05, 0.1) is 18.5 Å². The quantitative estimate of drug-likeness (QED) is 0.727. The Morgan fingerprint density at radius 2 is 2.42 bits per heavy atom. The lowest BCUT2D eigenvalue weighted by atomic mass is 10.4. The third kappa shape index (κ3) is 1.01. The Morgan fingerprint density at radius 3 is 3.25 bits per heavy atom. The van der Waals surface area contributed by atoms with Crippen LogP contribution in [-0.4, -0.2) is 21.6 Å². The highest BCUT2D eigenvalue weighted by molar-refractivity contribution is 5.78. The van der Waals surface area contributed by atoms with E-state index >= 15 is 0 Å². The minimum atomic E-state index is 0.594. The van der Waals surface area contributed by atoms with E-state index < -0.39 is 0 Å². The van der Waals surface area contributed by atoms with Gasteiger partial charge in [-0.1, -0.05) is 0 Å². The summed E-state index contributed by atoms with van der Waals surface area (Å²) in [6.45, 7) is 2.53. The van der Waals surface area contributed by atoms with Gasteiger partial charge in [-0.15, -0.1) is 0 Å². The van der Waals surface area contributed by atoms with Crippen LogP contribution >= 0.6 is 0 Å². The number of nitrogens with one attached hydrogen (secondary N) is 1. The van der Waals surface area contributed by atoms with Gasteiger partial charge in [-0.2, -0.15) is 0 Å². The van der Waals surface area contributed by atoms with Gasteiger partial charge in [0.1, 0.15) is 0 Å². The van der Waals surface area contributed by atoms with Crippen molar-refractivity contribution in [2.45, 2.75) is 6.92 Å². The van der Waals surface area contributed by atoms with Gasteiger partial charge in [0.15, 0.2) is 5.52 Å². The van der Waals surface area contributed by atoms with Gasteiger partial charge < -0.3 is 9.72 Å². The van der Waals surface area contributed by atoms with Gasteiger partial charge in [-0.25, -0.2) is 9.97 Å². The Kier molecular flexibility index (Phi) is 1.66. The lowest BCUT2D eigenvalue weighted by molar-refractivity contribution is 0.330. The molecule has 0 saturated carbocycles. The fourth-order valence-corrected chi connectivity index (χ4v) is 1.08. The molecule has 0 spiro atoms. The minimum absolute atomic E-state index is 0.594. The van der Waals surface area contributed by atoms with Crippen LogP contribution in [-0.2, 0) is 0 Å². The van der Waals surface area contributed by atoms with Gasteiger partial charge in [0.25, 0.3) is 0 Å². The van der Waals surface area contributed by atoms with Crippen molar-refractivity contribution in [3.8, 4) is 5.88 Å². The first kappa shape index (κ1) is 7.09. The van der Waals surface area contributed by atoms with Gasteiger partial charge >= 0.3 is 0 Å². The molecule has 0 amide bonds. The van der Waals surface area contributed by atoms with E-state index in [-0.39, 0.29) is 0 Å². The molecule has 4 heteroatoms. The summed E-state index contributed by atoms with van der Waals surface area (Å²) in [5.74, 6) is 0.594. The van der Waals surface area contributed by atoms with Gasteiger partial charge in [0.2, 0.25) is 5.88 Å². The van der Waals surface area contributed by atoms with Crippen LogP contribution in [0.5, 0.6) is 5.88 Å². The molecule has 0 radical (unpaired) electrons. The highest BCUT2D eigenvalue weighted by Crippen LogP contribution is 2.18. The number of hydrogen-bond acceptors (Lipinski definition) is 3. The van der Waals surface area contributed by atoms with Crippen molar-refractivity contribution in [1.29, 1.82) is 0 Å². The standard InChI is InChI=1S/C8H9N3O/c1-2-12-8-7-6(3-4-9-8)10-5-11-7/h3-5H,2H2,1H3,(H,10,11). The second-order valence-electron chi connectivity index (χ2n) is 2.35. The number of pyridine rings is 1. The van der Waals surface area contributed by atoms with Crippen LogP contribution in [0.3, 0.4) is 0 Å². The molecule has 4 nitrogen and oxygen atoms in total. The lowest BCUT2D eigenvalue weighted by Crippen LogP contribution is -1.94. The Labute approximate surface area is 69.6 Å². The highest BCUT2D eigenvalue weighted by atomic mass is 16.5. The van der Waals surface area contributed by atoms with Crippen molar-refractivity contribution in [2.75, 3.05) is 6.61 Å². The lowest BCUT2D eigenvalue weighted by Gasteiger charge is -2.00. The molecule has 1 N–H and O–H groups in total. The smallest absolute Gasteiger partial charge is 0.242 e. The zero-order valence-electron chi connectivity index (χ0n) is 6.74. The SMILES string of the molecule is CCOc1nccc2[nH]cnc12. The predicted molar refractivity (Wildman–Crippen MR) is 45.1 cm³/mol. The van der Waals surface area contributed by atoms with E-state index in [0.717, 1.165) is 11.0 Å². The summed E-state index contributed by atoms with van der Waals surface area (Å²) in [5, 5.41) is 0. The first-order valence-corrected chi connectivity index (χ1v) is 3.82. The first-order valence-electron chi connectivity index (χ1n) is 3.82. The van der Waals surface area contributed by atoms with E-state index in [4.69, 9.17) is 4.74 Å². The second kappa shape index (κ2) is 2.81. The summed E-state index contributed by atoms with van der Waals surface area (Å²) in [5.41, 5.74) is 1.74. The molecule has 0 unspecified atom stereocenters. The number of ether oxygens (including phenoxy) is 1. The average Bonchev–Trinajstić information content (AvgIpc) is 2.53. The maximum atomic E-state index is 5.28. The molecule has 0 aliphatic heterocycles. The van der Waals surface area contributed by atoms with Crippen molar-refractivity contribution in [3.63, 3.8) is 0 Å². The topological polar surface area (TPSA) is 50.8 Å². The second-order valence-corrected chi connectivity index (χ2v) is 2.35. The summed E-state index contributed by atoms with van der Waals surface area (Å²) >= 11 is 0. The van der Waals surface area contributed by atoms with E-state index in [1.165, 1.54) is 0 Å². The summed E-state index contributed by atoms with van der Waals surface area (Å²) in [6, 6.07) is 1.87. The van der Waals surface area contributed by atoms with E-state index in [1.54, 1.807) is 12.5 Å². The molecule has 2 heterocycles. The van der Waals surface area contributed by atoms with Crippen molar-refractivity contribution in [3.05, 3.63) is 18.6 Å². The third-order valence-corrected chi connectivity index (χ3v) is 1.59. The molecule has 62 valence electrons. The molecule has 0 aromatic carbocycles. The fourth-order valence-electron chi connectivity index (χ4n) is 1.08. The third-order valence-electron chi connectivity index (χ3n) is 1.59. The first-order chi connectivity index (χ1) is 5.92. The zero-order chi connectivity index (χ0) is 8.39. The molecule has 0 atom stereocenters. The Hall–Kier alpha value is -1.58. The molecule has 2 aromatic rings. The average molecular weight is 163 g/mol. The Bertz CT molecular complexity index is 382. The van der Waals surface area contributed by atoms with E-state index in [9.17, 15) is 0 Å². The van der Waals surface area contributed by atoms with Crippen LogP contribution in [0.4, 0.5) is 0 Å². The number of fused-ring (bicyclic) bond motifs is 1. The van der Waals surface area contributed by atoms with Crippen LogP contribution in [0.15, 0.2) is 18.6 Å². The van der Waals surface area contributed by atoms with Gasteiger partial charge in [0, 0.05) is 6.20 Å². The van der Waals surface area contributed by atoms with E-state index in [2.05, 4.69) is 15.0 Å². The molecule has 0 bridgehead atoms. The maximum absolute atomic E-state index is 5.28. The van der Waals surface area contributed by atoms with Crippen LogP contribution in [0, 0.1) is 0 Å². The minimum Gasteiger partial charge on any atom is -0.476 e. The van der Waals surface area contributed by atoms with Gasteiger partial charge in [-0.3, -0.25) is 0 Å². The molecular formula is C8H9N3O. The fraction of sp³-hybridized carbons (Fsp3) is 0.250. The van der Waals surface area contributed by atoms with Crippen LogP contribution in [0.2, 0.25) is 0 Å². The molecular weight excluding hydrogens is 154 g/mol. The molecule has 0 saturated heterocycles. The largest absolute Gasteiger partial charge is 0.476 e. The van der Waals surface area contributed by atoms with Gasteiger partial charge in [-0.05, 0) is 13.0 Å². The number of imidazole rings is 1. The zero-order valence-corrected chi connectivity index (χ0v) is 6.74. The highest BCUT2D eigenvalue weighted by Gasteiger charge is 2.03. The van der Waals surface area contributed by atoms with Crippen LogP contribution < -0.4 is 4.74 Å². The molecule has 12 heavy (non-hydrogen) atoms. The van der Waals surface area contributed by atoms with E-state index in [1.807, 2.05) is 13.0 Å². The Balaban J connectivity index is 2.57. The molecule has 0 fully saturated rings. The normalized spacial score (nSPS) is 10.4. The van der Waals surface area contributed by atoms with Crippen molar-refractivity contribution < 1.29 is 4.74 Å². The van der Waals surface area contributed by atoms with Crippen LogP contribution in [0.1, 0.15) is 6.92 Å². The Morgan fingerprint density at radius 1 is 1.50 bits per heavy atom. The molecule has 0 aliphatic carbocycles. The molecule has 2 aromatic heterocycles. The van der Waals surface area contributed by atoms with Crippen molar-refractivity contribution >= 4 is 11.0 Å². The van der Waals surface area contributed by atoms with Crippen LogP contribution in [0.25, 0.3) is 11.0 Å². The molecule has 2 rings (SSSR count). The van der Waals surface area contributed by atoms with E-state index in [0.29, 0.717) is 12.5 Å². The maximum Gasteiger partial charge on any atom is 0.242 e. The number of hydrogen-bond donors (Lipinski definition) is 1. The number of nitrogens with zero attached hydrogens (tertiary/aromatic N) is 2. The number of H-pyrrole nitrogens is 1. The van der Waals surface area contributed by atoms with Crippen molar-refractivity contribution in [1.82, 2.24) is 15.0 Å². The number of rotatable bonds is 2. The molecule has 0 aliphatic rings. The summed E-state index contributed by atoms with van der Waals surface area (Å²) < 4.78 is 5.28. The summed E-state index contributed by atoms with van der Waals surface area (Å²) in [6.07, 6.45) is 3.33. The summed E-state index contributed by atoms with van der Waals surface area (Å²) in [4.78, 5) is 11.1. The predicted octanol–water partition coefficient (Wildman–Crippen LogP) is 1.36. The summed E-state index contributed by atoms with van der Waals surface area (Å²) in [7, 11) is 0.